The molecule has 1 aliphatic rings. The molecule has 3 nitrogen and oxygen atoms in total. The van der Waals surface area contributed by atoms with Crippen molar-refractivity contribution in [3.05, 3.63) is 35.4 Å². The average molecular weight is 269 g/mol. The smallest absolute Gasteiger partial charge is 0.224 e. The molecule has 19 heavy (non-hydrogen) atoms. The summed E-state index contributed by atoms with van der Waals surface area (Å²) >= 11 is 0. The fraction of sp³-hybridized carbons (Fsp3) is 0.500. The molecule has 0 atom stereocenters. The second-order valence-electron chi connectivity index (χ2n) is 4.95. The molecule has 104 valence electrons. The third-order valence-electron chi connectivity index (χ3n) is 3.46. The predicted octanol–water partition coefficient (Wildman–Crippen LogP) is 1.93. The average Bonchev–Trinajstić information content (AvgIpc) is 2.37. The highest BCUT2D eigenvalue weighted by Gasteiger charge is 2.21. The molecule has 2 N–H and O–H groups in total. The van der Waals surface area contributed by atoms with Crippen LogP contribution < -0.4 is 5.32 Å². The number of carbonyl (C=O) groups excluding carboxylic acids is 1. The summed E-state index contributed by atoms with van der Waals surface area (Å²) in [5.74, 6) is -1.78. The largest absolute Gasteiger partial charge is 0.393 e. The SMILES string of the molecule is O=C(Cc1c(F)cccc1F)NC1CCC(O)CC1. The van der Waals surface area contributed by atoms with E-state index in [0.717, 1.165) is 12.1 Å². The first kappa shape index (κ1) is 13.9. The lowest BCUT2D eigenvalue weighted by atomic mass is 9.93. The van der Waals surface area contributed by atoms with Crippen LogP contribution in [0.15, 0.2) is 18.2 Å². The minimum absolute atomic E-state index is 0.00858. The van der Waals surface area contributed by atoms with Crippen molar-refractivity contribution >= 4 is 5.91 Å². The Labute approximate surface area is 110 Å². The summed E-state index contributed by atoms with van der Waals surface area (Å²) in [6, 6.07) is 3.55. The van der Waals surface area contributed by atoms with Gasteiger partial charge >= 0.3 is 0 Å². The third-order valence-corrected chi connectivity index (χ3v) is 3.46. The minimum atomic E-state index is -0.700. The molecule has 0 radical (unpaired) electrons. The van der Waals surface area contributed by atoms with E-state index in [2.05, 4.69) is 5.32 Å². The Kier molecular flexibility index (Phi) is 4.47. The van der Waals surface area contributed by atoms with Crippen LogP contribution in [-0.4, -0.2) is 23.2 Å². The first-order valence-electron chi connectivity index (χ1n) is 6.46. The molecular formula is C14H17F2NO2. The van der Waals surface area contributed by atoms with Crippen molar-refractivity contribution in [2.45, 2.75) is 44.2 Å². The number of hydrogen-bond donors (Lipinski definition) is 2. The van der Waals surface area contributed by atoms with Crippen LogP contribution in [0.25, 0.3) is 0 Å². The lowest BCUT2D eigenvalue weighted by Gasteiger charge is -2.26. The van der Waals surface area contributed by atoms with Gasteiger partial charge in [-0.15, -0.1) is 0 Å². The zero-order valence-electron chi connectivity index (χ0n) is 10.5. The van der Waals surface area contributed by atoms with E-state index in [0.29, 0.717) is 25.7 Å². The summed E-state index contributed by atoms with van der Waals surface area (Å²) in [6.45, 7) is 0. The van der Waals surface area contributed by atoms with Crippen LogP contribution >= 0.6 is 0 Å². The third kappa shape index (κ3) is 3.73. The molecule has 5 heteroatoms. The Hall–Kier alpha value is -1.49. The maximum Gasteiger partial charge on any atom is 0.224 e. The van der Waals surface area contributed by atoms with Crippen molar-refractivity contribution in [3.63, 3.8) is 0 Å². The van der Waals surface area contributed by atoms with Crippen LogP contribution in [0.3, 0.4) is 0 Å². The Morgan fingerprint density at radius 1 is 1.21 bits per heavy atom. The highest BCUT2D eigenvalue weighted by Crippen LogP contribution is 2.19. The van der Waals surface area contributed by atoms with Crippen LogP contribution in [0.2, 0.25) is 0 Å². The predicted molar refractivity (Wildman–Crippen MR) is 66.5 cm³/mol. The summed E-state index contributed by atoms with van der Waals surface area (Å²) in [6.07, 6.45) is 2.12. The molecule has 0 spiro atoms. The number of halogens is 2. The van der Waals surface area contributed by atoms with Gasteiger partial charge in [0, 0.05) is 11.6 Å². The van der Waals surface area contributed by atoms with Crippen LogP contribution in [-0.2, 0) is 11.2 Å². The molecular weight excluding hydrogens is 252 g/mol. The number of carbonyl (C=O) groups is 1. The van der Waals surface area contributed by atoms with Gasteiger partial charge in [-0.25, -0.2) is 8.78 Å². The molecule has 1 amide bonds. The fourth-order valence-electron chi connectivity index (χ4n) is 2.36. The Balaban J connectivity index is 1.91. The highest BCUT2D eigenvalue weighted by molar-refractivity contribution is 5.79. The summed E-state index contributed by atoms with van der Waals surface area (Å²) in [4.78, 5) is 11.8. The maximum absolute atomic E-state index is 13.4. The van der Waals surface area contributed by atoms with Crippen LogP contribution in [0.4, 0.5) is 8.78 Å². The quantitative estimate of drug-likeness (QED) is 0.881. The zero-order valence-corrected chi connectivity index (χ0v) is 10.5. The number of aliphatic hydroxyl groups is 1. The molecule has 2 rings (SSSR count). The molecule has 1 aliphatic carbocycles. The first-order chi connectivity index (χ1) is 9.06. The molecule has 0 bridgehead atoms. The van der Waals surface area contributed by atoms with Crippen molar-refractivity contribution in [1.82, 2.24) is 5.32 Å². The Morgan fingerprint density at radius 2 is 1.79 bits per heavy atom. The number of rotatable bonds is 3. The molecule has 1 saturated carbocycles. The molecule has 0 aliphatic heterocycles. The summed E-state index contributed by atoms with van der Waals surface area (Å²) < 4.78 is 26.8. The minimum Gasteiger partial charge on any atom is -0.393 e. The highest BCUT2D eigenvalue weighted by atomic mass is 19.1. The summed E-state index contributed by atoms with van der Waals surface area (Å²) in [5, 5.41) is 12.1. The maximum atomic E-state index is 13.4. The number of benzene rings is 1. The van der Waals surface area contributed by atoms with E-state index >= 15 is 0 Å². The van der Waals surface area contributed by atoms with E-state index in [1.807, 2.05) is 0 Å². The molecule has 0 saturated heterocycles. The van der Waals surface area contributed by atoms with Crippen molar-refractivity contribution in [3.8, 4) is 0 Å². The van der Waals surface area contributed by atoms with Crippen molar-refractivity contribution in [2.75, 3.05) is 0 Å². The van der Waals surface area contributed by atoms with Gasteiger partial charge < -0.3 is 10.4 Å². The number of hydrogen-bond acceptors (Lipinski definition) is 2. The van der Waals surface area contributed by atoms with Gasteiger partial charge in [0.1, 0.15) is 11.6 Å². The van der Waals surface area contributed by atoms with E-state index in [4.69, 9.17) is 0 Å². The van der Waals surface area contributed by atoms with E-state index < -0.39 is 11.6 Å². The molecule has 1 aromatic rings. The van der Waals surface area contributed by atoms with Crippen molar-refractivity contribution in [2.24, 2.45) is 0 Å². The van der Waals surface area contributed by atoms with Gasteiger partial charge in [0.25, 0.3) is 0 Å². The van der Waals surface area contributed by atoms with Crippen LogP contribution in [0.5, 0.6) is 0 Å². The van der Waals surface area contributed by atoms with Gasteiger partial charge in [-0.3, -0.25) is 4.79 Å². The van der Waals surface area contributed by atoms with E-state index in [1.165, 1.54) is 6.07 Å². The van der Waals surface area contributed by atoms with Gasteiger partial charge in [0.2, 0.25) is 5.91 Å². The summed E-state index contributed by atoms with van der Waals surface area (Å²) in [5.41, 5.74) is -0.198. The molecule has 0 heterocycles. The lowest BCUT2D eigenvalue weighted by Crippen LogP contribution is -2.39. The Bertz CT molecular complexity index is 437. The van der Waals surface area contributed by atoms with E-state index in [-0.39, 0.29) is 30.0 Å². The molecule has 1 fully saturated rings. The van der Waals surface area contributed by atoms with E-state index in [9.17, 15) is 18.7 Å². The number of nitrogens with one attached hydrogen (secondary N) is 1. The van der Waals surface area contributed by atoms with E-state index in [1.54, 1.807) is 0 Å². The van der Waals surface area contributed by atoms with Gasteiger partial charge in [-0.05, 0) is 37.8 Å². The zero-order chi connectivity index (χ0) is 13.8. The monoisotopic (exact) mass is 269 g/mol. The molecule has 0 aromatic heterocycles. The van der Waals surface area contributed by atoms with Gasteiger partial charge in [0.05, 0.1) is 12.5 Å². The molecule has 1 aromatic carbocycles. The lowest BCUT2D eigenvalue weighted by molar-refractivity contribution is -0.121. The van der Waals surface area contributed by atoms with Crippen molar-refractivity contribution in [1.29, 1.82) is 0 Å². The topological polar surface area (TPSA) is 49.3 Å². The normalized spacial score (nSPS) is 23.1. The standard InChI is InChI=1S/C14H17F2NO2/c15-12-2-1-3-13(16)11(12)8-14(19)17-9-4-6-10(18)7-5-9/h1-3,9-10,18H,4-8H2,(H,17,19). The number of aliphatic hydroxyl groups excluding tert-OH is 1. The second-order valence-corrected chi connectivity index (χ2v) is 4.95. The van der Waals surface area contributed by atoms with Crippen LogP contribution in [0, 0.1) is 11.6 Å². The van der Waals surface area contributed by atoms with Gasteiger partial charge in [-0.2, -0.15) is 0 Å². The van der Waals surface area contributed by atoms with Crippen LogP contribution in [0.1, 0.15) is 31.2 Å². The van der Waals surface area contributed by atoms with Gasteiger partial charge in [0.15, 0.2) is 0 Å². The van der Waals surface area contributed by atoms with Crippen molar-refractivity contribution < 1.29 is 18.7 Å². The Morgan fingerprint density at radius 3 is 2.37 bits per heavy atom. The molecule has 0 unspecified atom stereocenters. The van der Waals surface area contributed by atoms with Gasteiger partial charge in [-0.1, -0.05) is 6.07 Å². The number of amides is 1. The second kappa shape index (κ2) is 6.10. The summed E-state index contributed by atoms with van der Waals surface area (Å²) in [7, 11) is 0. The fourth-order valence-corrected chi connectivity index (χ4v) is 2.36. The first-order valence-corrected chi connectivity index (χ1v) is 6.46.